The summed E-state index contributed by atoms with van der Waals surface area (Å²) in [5.74, 6) is -0.0232. The van der Waals surface area contributed by atoms with Crippen LogP contribution in [0.3, 0.4) is 0 Å². The van der Waals surface area contributed by atoms with Crippen molar-refractivity contribution in [2.45, 2.75) is 71.5 Å². The summed E-state index contributed by atoms with van der Waals surface area (Å²) in [4.78, 5) is 31.7. The van der Waals surface area contributed by atoms with Crippen LogP contribution in [0.15, 0.2) is 48.8 Å². The van der Waals surface area contributed by atoms with Crippen LogP contribution in [-0.4, -0.2) is 33.8 Å². The SMILES string of the molecule is CC(C)(C)CC(=O)N(Cc1cccc(NC(=O)c2cccnc2)c1)C1CCC(N)CC1. The third-order valence-corrected chi connectivity index (χ3v) is 5.65. The van der Waals surface area contributed by atoms with E-state index < -0.39 is 0 Å². The number of nitrogens with zero attached hydrogens (tertiary/aromatic N) is 2. The number of pyridine rings is 1. The number of nitrogens with two attached hydrogens (primary N) is 1. The van der Waals surface area contributed by atoms with Gasteiger partial charge in [-0.15, -0.1) is 0 Å². The Morgan fingerprint density at radius 1 is 1.13 bits per heavy atom. The minimum absolute atomic E-state index is 0.0695. The van der Waals surface area contributed by atoms with Crippen molar-refractivity contribution < 1.29 is 9.59 Å². The average molecular weight is 423 g/mol. The van der Waals surface area contributed by atoms with Crippen molar-refractivity contribution in [1.29, 1.82) is 0 Å². The first-order valence-corrected chi connectivity index (χ1v) is 11.1. The van der Waals surface area contributed by atoms with Crippen molar-refractivity contribution in [2.24, 2.45) is 11.1 Å². The van der Waals surface area contributed by atoms with Gasteiger partial charge in [0, 0.05) is 43.1 Å². The van der Waals surface area contributed by atoms with Gasteiger partial charge in [0.2, 0.25) is 5.91 Å². The summed E-state index contributed by atoms with van der Waals surface area (Å²) in [6.45, 7) is 6.81. The van der Waals surface area contributed by atoms with Crippen molar-refractivity contribution in [3.05, 3.63) is 59.9 Å². The summed E-state index contributed by atoms with van der Waals surface area (Å²) in [6.07, 6.45) is 7.46. The molecule has 3 rings (SSSR count). The molecule has 3 N–H and O–H groups in total. The summed E-state index contributed by atoms with van der Waals surface area (Å²) < 4.78 is 0. The van der Waals surface area contributed by atoms with Crippen molar-refractivity contribution in [1.82, 2.24) is 9.88 Å². The lowest BCUT2D eigenvalue weighted by atomic mass is 9.88. The van der Waals surface area contributed by atoms with Crippen LogP contribution >= 0.6 is 0 Å². The van der Waals surface area contributed by atoms with Gasteiger partial charge >= 0.3 is 0 Å². The molecule has 6 nitrogen and oxygen atoms in total. The molecule has 31 heavy (non-hydrogen) atoms. The van der Waals surface area contributed by atoms with Crippen LogP contribution in [0.1, 0.15) is 68.8 Å². The molecule has 0 saturated heterocycles. The highest BCUT2D eigenvalue weighted by molar-refractivity contribution is 6.04. The lowest BCUT2D eigenvalue weighted by Gasteiger charge is -2.37. The van der Waals surface area contributed by atoms with Crippen LogP contribution in [0.2, 0.25) is 0 Å². The van der Waals surface area contributed by atoms with Crippen molar-refractivity contribution in [3.8, 4) is 0 Å². The Hall–Kier alpha value is -2.73. The summed E-state index contributed by atoms with van der Waals surface area (Å²) in [5.41, 5.74) is 8.24. The number of rotatable bonds is 6. The summed E-state index contributed by atoms with van der Waals surface area (Å²) in [7, 11) is 0. The molecular weight excluding hydrogens is 388 g/mol. The largest absolute Gasteiger partial charge is 0.335 e. The standard InChI is InChI=1S/C25H34N4O2/c1-25(2,3)15-23(30)29(22-11-9-20(26)10-12-22)17-18-6-4-8-21(14-18)28-24(31)19-7-5-13-27-16-19/h4-8,13-14,16,20,22H,9-12,15,17,26H2,1-3H3,(H,28,31). The van der Waals surface area contributed by atoms with Crippen LogP contribution in [0.25, 0.3) is 0 Å². The smallest absolute Gasteiger partial charge is 0.257 e. The fourth-order valence-corrected chi connectivity index (χ4v) is 4.03. The van der Waals surface area contributed by atoms with E-state index in [1.54, 1.807) is 24.5 Å². The maximum Gasteiger partial charge on any atom is 0.257 e. The number of aromatic nitrogens is 1. The van der Waals surface area contributed by atoms with E-state index in [-0.39, 0.29) is 29.3 Å². The average Bonchev–Trinajstić information content (AvgIpc) is 2.72. The van der Waals surface area contributed by atoms with Gasteiger partial charge in [0.05, 0.1) is 5.56 Å². The van der Waals surface area contributed by atoms with E-state index in [0.717, 1.165) is 31.2 Å². The number of carbonyl (C=O) groups is 2. The van der Waals surface area contributed by atoms with Crippen LogP contribution in [0.5, 0.6) is 0 Å². The summed E-state index contributed by atoms with van der Waals surface area (Å²) in [5, 5.41) is 2.93. The highest BCUT2D eigenvalue weighted by Crippen LogP contribution is 2.28. The Kier molecular flexibility index (Phi) is 7.44. The first kappa shape index (κ1) is 22.9. The van der Waals surface area contributed by atoms with E-state index in [2.05, 4.69) is 31.1 Å². The van der Waals surface area contributed by atoms with E-state index >= 15 is 0 Å². The number of nitrogens with one attached hydrogen (secondary N) is 1. The molecule has 1 aromatic heterocycles. The molecule has 1 aliphatic carbocycles. The molecule has 0 unspecified atom stereocenters. The number of hydrogen-bond acceptors (Lipinski definition) is 4. The Morgan fingerprint density at radius 3 is 2.52 bits per heavy atom. The third-order valence-electron chi connectivity index (χ3n) is 5.65. The normalized spacial score (nSPS) is 19.0. The van der Waals surface area contributed by atoms with Crippen molar-refractivity contribution in [3.63, 3.8) is 0 Å². The van der Waals surface area contributed by atoms with E-state index in [0.29, 0.717) is 24.2 Å². The number of hydrogen-bond donors (Lipinski definition) is 2. The molecule has 0 spiro atoms. The second-order valence-electron chi connectivity index (χ2n) is 9.72. The molecule has 2 aromatic rings. The summed E-state index contributed by atoms with van der Waals surface area (Å²) in [6, 6.07) is 11.6. The minimum Gasteiger partial charge on any atom is -0.335 e. The molecule has 1 aromatic carbocycles. The predicted octanol–water partition coefficient (Wildman–Crippen LogP) is 4.37. The van der Waals surface area contributed by atoms with Gasteiger partial charge in [0.1, 0.15) is 0 Å². The monoisotopic (exact) mass is 422 g/mol. The Balaban J connectivity index is 1.75. The molecule has 2 amide bonds. The molecule has 1 heterocycles. The molecule has 166 valence electrons. The molecule has 0 aliphatic heterocycles. The van der Waals surface area contributed by atoms with Gasteiger partial charge in [-0.05, 0) is 60.9 Å². The molecule has 1 saturated carbocycles. The molecule has 0 radical (unpaired) electrons. The predicted molar refractivity (Wildman–Crippen MR) is 123 cm³/mol. The number of anilines is 1. The van der Waals surface area contributed by atoms with Gasteiger partial charge in [-0.1, -0.05) is 32.9 Å². The van der Waals surface area contributed by atoms with E-state index in [9.17, 15) is 9.59 Å². The fraction of sp³-hybridized carbons (Fsp3) is 0.480. The molecule has 0 bridgehead atoms. The van der Waals surface area contributed by atoms with E-state index in [1.807, 2.05) is 29.2 Å². The lowest BCUT2D eigenvalue weighted by Crippen LogP contribution is -2.44. The van der Waals surface area contributed by atoms with Gasteiger partial charge in [-0.3, -0.25) is 14.6 Å². The number of amides is 2. The molecule has 6 heteroatoms. The Bertz CT molecular complexity index is 884. The second-order valence-corrected chi connectivity index (χ2v) is 9.72. The van der Waals surface area contributed by atoms with Crippen LogP contribution in [-0.2, 0) is 11.3 Å². The van der Waals surface area contributed by atoms with E-state index in [1.165, 1.54) is 0 Å². The maximum absolute atomic E-state index is 13.2. The van der Waals surface area contributed by atoms with Gasteiger partial charge < -0.3 is 16.0 Å². The zero-order valence-electron chi connectivity index (χ0n) is 18.8. The summed E-state index contributed by atoms with van der Waals surface area (Å²) >= 11 is 0. The van der Waals surface area contributed by atoms with Gasteiger partial charge in [-0.25, -0.2) is 0 Å². The zero-order chi connectivity index (χ0) is 22.4. The minimum atomic E-state index is -0.202. The molecule has 1 fully saturated rings. The van der Waals surface area contributed by atoms with Crippen LogP contribution < -0.4 is 11.1 Å². The first-order chi connectivity index (χ1) is 14.7. The Labute approximate surface area is 185 Å². The van der Waals surface area contributed by atoms with Crippen molar-refractivity contribution in [2.75, 3.05) is 5.32 Å². The first-order valence-electron chi connectivity index (χ1n) is 11.1. The number of carbonyl (C=O) groups excluding carboxylic acids is 2. The quantitative estimate of drug-likeness (QED) is 0.724. The van der Waals surface area contributed by atoms with E-state index in [4.69, 9.17) is 5.73 Å². The molecule has 0 atom stereocenters. The van der Waals surface area contributed by atoms with Crippen LogP contribution in [0.4, 0.5) is 5.69 Å². The number of benzene rings is 1. The van der Waals surface area contributed by atoms with Crippen molar-refractivity contribution >= 4 is 17.5 Å². The topological polar surface area (TPSA) is 88.3 Å². The fourth-order valence-electron chi connectivity index (χ4n) is 4.03. The molecule has 1 aliphatic rings. The highest BCUT2D eigenvalue weighted by Gasteiger charge is 2.30. The maximum atomic E-state index is 13.2. The highest BCUT2D eigenvalue weighted by atomic mass is 16.2. The van der Waals surface area contributed by atoms with Gasteiger partial charge in [0.15, 0.2) is 0 Å². The Morgan fingerprint density at radius 2 is 1.87 bits per heavy atom. The van der Waals surface area contributed by atoms with Gasteiger partial charge in [-0.2, -0.15) is 0 Å². The third kappa shape index (κ3) is 6.89. The zero-order valence-corrected chi connectivity index (χ0v) is 18.8. The van der Waals surface area contributed by atoms with Crippen LogP contribution in [0, 0.1) is 5.41 Å². The molecular formula is C25H34N4O2. The lowest BCUT2D eigenvalue weighted by molar-refractivity contribution is -0.137. The van der Waals surface area contributed by atoms with Gasteiger partial charge in [0.25, 0.3) is 5.91 Å². The second kappa shape index (κ2) is 10.1.